The van der Waals surface area contributed by atoms with Crippen LogP contribution in [-0.2, 0) is 10.2 Å². The second kappa shape index (κ2) is 8.16. The molecule has 4 atom stereocenters. The van der Waals surface area contributed by atoms with Crippen molar-refractivity contribution in [3.05, 3.63) is 93.5 Å². The second-order valence-corrected chi connectivity index (χ2v) is 9.26. The van der Waals surface area contributed by atoms with Crippen molar-refractivity contribution in [2.75, 3.05) is 4.90 Å². The van der Waals surface area contributed by atoms with Crippen LogP contribution in [-0.4, -0.2) is 23.6 Å². The molecule has 1 aliphatic heterocycles. The Labute approximate surface area is 207 Å². The van der Waals surface area contributed by atoms with Crippen LogP contribution in [0.25, 0.3) is 0 Å². The maximum absolute atomic E-state index is 13.6. The zero-order chi connectivity index (χ0) is 25.1. The molecule has 2 fully saturated rings. The van der Waals surface area contributed by atoms with Gasteiger partial charge in [-0.2, -0.15) is 5.26 Å². The number of ether oxygens (including phenoxy) is 1. The number of halogens is 5. The molecule has 1 amide bonds. The molecule has 3 aromatic carbocycles. The quantitative estimate of drug-likeness (QED) is 0.483. The van der Waals surface area contributed by atoms with E-state index in [4.69, 9.17) is 28.5 Å². The maximum atomic E-state index is 13.6. The molecule has 35 heavy (non-hydrogen) atoms. The minimum atomic E-state index is -4.84. The van der Waals surface area contributed by atoms with Gasteiger partial charge >= 0.3 is 6.36 Å². The van der Waals surface area contributed by atoms with Gasteiger partial charge in [0.25, 0.3) is 0 Å². The Balaban J connectivity index is 1.57. The average Bonchev–Trinajstić information content (AvgIpc) is 3.41. The van der Waals surface area contributed by atoms with Crippen LogP contribution in [0.3, 0.4) is 0 Å². The first-order chi connectivity index (χ1) is 16.6. The standard InChI is InChI=1S/C25H15Cl2F3N2O3/c26-16-9-17(27)11-18(10-16)32-22(33)20-21(23(32)34)24(20,14-3-1-13(12-31)2-4-14)15-5-7-19(8-6-15)35-25(28,29)30/h1-11,20-22,33H/t20-,21+,22?,24+/m0/s1. The van der Waals surface area contributed by atoms with Gasteiger partial charge in [-0.3, -0.25) is 9.69 Å². The Morgan fingerprint density at radius 2 is 1.51 bits per heavy atom. The first-order valence-electron chi connectivity index (χ1n) is 10.4. The molecule has 178 valence electrons. The predicted molar refractivity (Wildman–Crippen MR) is 122 cm³/mol. The van der Waals surface area contributed by atoms with Gasteiger partial charge in [-0.05, 0) is 53.6 Å². The summed E-state index contributed by atoms with van der Waals surface area (Å²) in [6, 6.07) is 18.4. The smallest absolute Gasteiger partial charge is 0.406 e. The number of rotatable bonds is 4. The fourth-order valence-corrected chi connectivity index (χ4v) is 5.75. The molecule has 1 heterocycles. The summed E-state index contributed by atoms with van der Waals surface area (Å²) in [6.45, 7) is 0. The fourth-order valence-electron chi connectivity index (χ4n) is 5.23. The van der Waals surface area contributed by atoms with E-state index in [0.717, 1.165) is 0 Å². The van der Waals surface area contributed by atoms with Crippen LogP contribution in [0.2, 0.25) is 10.0 Å². The van der Waals surface area contributed by atoms with E-state index in [1.54, 1.807) is 24.3 Å². The minimum Gasteiger partial charge on any atom is -0.406 e. The van der Waals surface area contributed by atoms with Gasteiger partial charge in [-0.1, -0.05) is 47.5 Å². The molecule has 1 saturated carbocycles. The number of nitriles is 1. The number of aliphatic hydroxyl groups excluding tert-OH is 1. The SMILES string of the molecule is N#Cc1ccc([C@@]2(c3ccc(OC(F)(F)F)cc3)[C@@H]3C(O)N(c4cc(Cl)cc(Cl)c4)C(=O)[C@@H]32)cc1. The van der Waals surface area contributed by atoms with E-state index in [1.807, 2.05) is 6.07 Å². The molecule has 5 rings (SSSR count). The molecule has 1 saturated heterocycles. The topological polar surface area (TPSA) is 73.6 Å². The molecule has 3 aromatic rings. The van der Waals surface area contributed by atoms with Gasteiger partial charge in [0.1, 0.15) is 12.0 Å². The van der Waals surface area contributed by atoms with Crippen LogP contribution in [0.4, 0.5) is 18.9 Å². The van der Waals surface area contributed by atoms with Crippen molar-refractivity contribution in [3.8, 4) is 11.8 Å². The number of amides is 1. The van der Waals surface area contributed by atoms with E-state index < -0.39 is 35.6 Å². The number of benzene rings is 3. The highest BCUT2D eigenvalue weighted by Crippen LogP contribution is 2.69. The lowest BCUT2D eigenvalue weighted by atomic mass is 9.82. The van der Waals surface area contributed by atoms with Crippen molar-refractivity contribution < 1.29 is 27.8 Å². The van der Waals surface area contributed by atoms with Gasteiger partial charge < -0.3 is 9.84 Å². The second-order valence-electron chi connectivity index (χ2n) is 8.38. The number of carbonyl (C=O) groups excluding carboxylic acids is 1. The van der Waals surface area contributed by atoms with Crippen LogP contribution >= 0.6 is 23.2 Å². The molecule has 0 spiro atoms. The van der Waals surface area contributed by atoms with Gasteiger partial charge in [0.05, 0.1) is 17.6 Å². The van der Waals surface area contributed by atoms with Crippen LogP contribution < -0.4 is 9.64 Å². The lowest BCUT2D eigenvalue weighted by Gasteiger charge is -2.31. The molecule has 0 bridgehead atoms. The molecule has 1 N–H and O–H groups in total. The molecule has 1 aliphatic carbocycles. The maximum Gasteiger partial charge on any atom is 0.573 e. The van der Waals surface area contributed by atoms with E-state index in [1.165, 1.54) is 47.4 Å². The number of hydrogen-bond acceptors (Lipinski definition) is 4. The summed E-state index contributed by atoms with van der Waals surface area (Å²) in [5.74, 6) is -2.07. The number of carbonyl (C=O) groups is 1. The number of piperidine rings is 1. The Morgan fingerprint density at radius 1 is 0.971 bits per heavy atom. The van der Waals surface area contributed by atoms with Crippen molar-refractivity contribution in [1.82, 2.24) is 0 Å². The number of nitrogens with zero attached hydrogens (tertiary/aromatic N) is 2. The number of alkyl halides is 3. The van der Waals surface area contributed by atoms with Crippen molar-refractivity contribution >= 4 is 34.8 Å². The minimum absolute atomic E-state index is 0.298. The highest BCUT2D eigenvalue weighted by Gasteiger charge is 2.78. The fraction of sp³-hybridized carbons (Fsp3) is 0.200. The van der Waals surface area contributed by atoms with Crippen molar-refractivity contribution in [2.24, 2.45) is 11.8 Å². The Kier molecular flexibility index (Phi) is 5.48. The van der Waals surface area contributed by atoms with E-state index in [-0.39, 0.29) is 5.91 Å². The molecule has 10 heteroatoms. The van der Waals surface area contributed by atoms with Crippen molar-refractivity contribution in [3.63, 3.8) is 0 Å². The lowest BCUT2D eigenvalue weighted by molar-refractivity contribution is -0.274. The van der Waals surface area contributed by atoms with Crippen LogP contribution in [0.5, 0.6) is 5.75 Å². The number of fused-ring (bicyclic) bond motifs is 1. The summed E-state index contributed by atoms with van der Waals surface area (Å²) in [5, 5.41) is 21.0. The van der Waals surface area contributed by atoms with Gasteiger partial charge in [-0.15, -0.1) is 13.2 Å². The van der Waals surface area contributed by atoms with E-state index >= 15 is 0 Å². The van der Waals surface area contributed by atoms with Crippen LogP contribution in [0.1, 0.15) is 16.7 Å². The van der Waals surface area contributed by atoms with Gasteiger partial charge in [0, 0.05) is 27.1 Å². The van der Waals surface area contributed by atoms with Gasteiger partial charge in [0.2, 0.25) is 5.91 Å². The molecule has 1 unspecified atom stereocenters. The largest absolute Gasteiger partial charge is 0.573 e. The third kappa shape index (κ3) is 3.80. The van der Waals surface area contributed by atoms with Gasteiger partial charge in [-0.25, -0.2) is 0 Å². The lowest BCUT2D eigenvalue weighted by Crippen LogP contribution is -2.42. The first-order valence-corrected chi connectivity index (χ1v) is 11.2. The number of hydrogen-bond donors (Lipinski definition) is 1. The Hall–Kier alpha value is -3.25. The highest BCUT2D eigenvalue weighted by molar-refractivity contribution is 6.35. The highest BCUT2D eigenvalue weighted by atomic mass is 35.5. The van der Waals surface area contributed by atoms with E-state index in [0.29, 0.717) is 32.4 Å². The summed E-state index contributed by atoms with van der Waals surface area (Å²) < 4.78 is 41.8. The molecule has 5 nitrogen and oxygen atoms in total. The molecular weight excluding hydrogens is 504 g/mol. The third-order valence-electron chi connectivity index (χ3n) is 6.54. The summed E-state index contributed by atoms with van der Waals surface area (Å²) >= 11 is 12.2. The van der Waals surface area contributed by atoms with E-state index in [2.05, 4.69) is 4.74 Å². The summed E-state index contributed by atoms with van der Waals surface area (Å²) in [4.78, 5) is 14.8. The first kappa shape index (κ1) is 23.5. The summed E-state index contributed by atoms with van der Waals surface area (Å²) in [6.07, 6.45) is -6.09. The van der Waals surface area contributed by atoms with Crippen LogP contribution in [0, 0.1) is 23.2 Å². The van der Waals surface area contributed by atoms with Crippen LogP contribution in [0.15, 0.2) is 66.7 Å². The Morgan fingerprint density at radius 3 is 1.97 bits per heavy atom. The van der Waals surface area contributed by atoms with E-state index in [9.17, 15) is 23.1 Å². The predicted octanol–water partition coefficient (Wildman–Crippen LogP) is 5.66. The zero-order valence-electron chi connectivity index (χ0n) is 17.6. The number of aliphatic hydroxyl groups is 1. The monoisotopic (exact) mass is 518 g/mol. The van der Waals surface area contributed by atoms with Crippen molar-refractivity contribution in [2.45, 2.75) is 18.0 Å². The molecule has 0 radical (unpaired) electrons. The summed E-state index contributed by atoms with van der Waals surface area (Å²) in [5.41, 5.74) is 0.954. The molecular formula is C25H15Cl2F3N2O3. The van der Waals surface area contributed by atoms with Crippen molar-refractivity contribution in [1.29, 1.82) is 5.26 Å². The van der Waals surface area contributed by atoms with Gasteiger partial charge in [0.15, 0.2) is 0 Å². The Bertz CT molecular complexity index is 1340. The zero-order valence-corrected chi connectivity index (χ0v) is 19.1. The molecule has 2 aliphatic rings. The number of anilines is 1. The average molecular weight is 519 g/mol. The summed E-state index contributed by atoms with van der Waals surface area (Å²) in [7, 11) is 0. The normalized spacial score (nSPS) is 25.2. The molecule has 0 aromatic heterocycles. The third-order valence-corrected chi connectivity index (χ3v) is 6.97.